The first kappa shape index (κ1) is 72.3. The fraction of sp³-hybridized carbons (Fsp3) is 0.0862. The van der Waals surface area contributed by atoms with Crippen LogP contribution in [-0.2, 0) is 5.41 Å². The van der Waals surface area contributed by atoms with Gasteiger partial charge in [-0.2, -0.15) is 0 Å². The molecule has 19 aromatic carbocycles. The van der Waals surface area contributed by atoms with E-state index in [0.29, 0.717) is 5.41 Å². The van der Waals surface area contributed by atoms with Gasteiger partial charge in [-0.3, -0.25) is 0 Å². The predicted molar refractivity (Wildman–Crippen MR) is 516 cm³/mol. The normalized spacial score (nSPS) is 16.0. The van der Waals surface area contributed by atoms with Crippen LogP contribution < -0.4 is 14.7 Å². The van der Waals surface area contributed by atoms with E-state index in [1.807, 2.05) is 0 Å². The van der Waals surface area contributed by atoms with Crippen molar-refractivity contribution in [1.82, 2.24) is 13.7 Å². The third kappa shape index (κ3) is 12.5. The Hall–Kier alpha value is -15.0. The second-order valence-electron chi connectivity index (χ2n) is 33.7. The van der Waals surface area contributed by atoms with E-state index in [9.17, 15) is 0 Å². The van der Waals surface area contributed by atoms with Crippen molar-refractivity contribution in [3.63, 3.8) is 0 Å². The van der Waals surface area contributed by atoms with E-state index in [2.05, 4.69) is 471 Å². The van der Waals surface area contributed by atoms with Gasteiger partial charge in [0.15, 0.2) is 0 Å². The summed E-state index contributed by atoms with van der Waals surface area (Å²) in [6.45, 7) is 0. The molecule has 4 bridgehead atoms. The van der Waals surface area contributed by atoms with Crippen molar-refractivity contribution in [2.45, 2.75) is 43.9 Å². The highest BCUT2D eigenvalue weighted by Gasteiger charge is 2.51. The largest absolute Gasteiger partial charge is 0.310 e. The Bertz CT molecular complexity index is 7540. The zero-order chi connectivity index (χ0) is 80.6. The molecule has 0 spiro atoms. The smallest absolute Gasteiger partial charge is 0.0788 e. The minimum Gasteiger partial charge on any atom is -0.310 e. The van der Waals surface area contributed by atoms with E-state index in [-0.39, 0.29) is 0 Å². The maximum absolute atomic E-state index is 2.49. The number of fused-ring (bicyclic) bond motifs is 16. The molecule has 3 heterocycles. The molecule has 4 saturated carbocycles. The molecule has 0 radical (unpaired) electrons. The summed E-state index contributed by atoms with van der Waals surface area (Å²) < 4.78 is 7.28. The van der Waals surface area contributed by atoms with Crippen LogP contribution >= 0.6 is 0 Å². The monoisotopic (exact) mass is 1560 g/mol. The molecule has 0 amide bonds. The Morgan fingerprint density at radius 2 is 0.574 bits per heavy atom. The molecule has 6 nitrogen and oxygen atoms in total. The molecule has 0 unspecified atom stereocenters. The summed E-state index contributed by atoms with van der Waals surface area (Å²) in [6.07, 6.45) is 8.63. The Labute approximate surface area is 710 Å². The quantitative estimate of drug-likeness (QED) is 0.115. The second-order valence-corrected chi connectivity index (χ2v) is 33.7. The van der Waals surface area contributed by atoms with Gasteiger partial charge < -0.3 is 28.4 Å². The van der Waals surface area contributed by atoms with Crippen LogP contribution in [0.15, 0.2) is 443 Å². The Morgan fingerprint density at radius 3 is 1.10 bits per heavy atom. The number of aromatic nitrogens is 3. The van der Waals surface area contributed by atoms with Gasteiger partial charge in [0.2, 0.25) is 0 Å². The molecule has 582 valence electrons. The molecule has 122 heavy (non-hydrogen) atoms. The molecule has 3 aromatic heterocycles. The van der Waals surface area contributed by atoms with E-state index in [4.69, 9.17) is 0 Å². The summed E-state index contributed by atoms with van der Waals surface area (Å²) in [5.74, 6) is 2.84. The van der Waals surface area contributed by atoms with Crippen molar-refractivity contribution < 1.29 is 0 Å². The Balaban J connectivity index is 0.000000107. The van der Waals surface area contributed by atoms with Crippen molar-refractivity contribution in [3.8, 4) is 17.1 Å². The highest BCUT2D eigenvalue weighted by Crippen LogP contribution is 2.61. The van der Waals surface area contributed by atoms with Crippen LogP contribution in [0.1, 0.15) is 44.1 Å². The molecule has 0 atom stereocenters. The van der Waals surface area contributed by atoms with Gasteiger partial charge in [-0.15, -0.1) is 0 Å². The van der Waals surface area contributed by atoms with Crippen molar-refractivity contribution in [2.24, 2.45) is 17.8 Å². The van der Waals surface area contributed by atoms with Crippen molar-refractivity contribution >= 4 is 160 Å². The summed E-state index contributed by atoms with van der Waals surface area (Å²) in [6, 6.07) is 160. The van der Waals surface area contributed by atoms with Gasteiger partial charge in [-0.25, -0.2) is 0 Å². The number of hydrogen-bond acceptors (Lipinski definition) is 3. The molecule has 26 rings (SSSR count). The molecular formula is C116H88N6. The zero-order valence-corrected chi connectivity index (χ0v) is 67.8. The molecule has 0 N–H and O–H groups in total. The summed E-state index contributed by atoms with van der Waals surface area (Å²) in [5, 5.41) is 17.7. The van der Waals surface area contributed by atoms with E-state index in [1.54, 1.807) is 5.56 Å². The standard InChI is InChI=1S/C44H38N2.C38H26N2.C34H24N2/c1-3-11-34(12-4-1)45(36-21-19-33(20-22-36)44-27-30-23-31(28-44)25-32(24-30)29-44)41-26-42-43(38-16-8-7-15-37(38)41)39-17-9-10-18-40(39)46(42)35-13-5-2-6-14-35;1-3-14-29(15-4-1)39(30-16-5-2-6-17-30)35-21-11-19-33-32(35)24-25-37-38(33)34-18-9-10-20-36(34)40(37)31-23-22-27-12-7-8-13-28(27)26-31;1-4-15-26(16-5-1)35(27-17-6-2-7-18-27)32-24-25-14-10-11-21-29(25)33-30-22-12-13-23-31(30)36(34(32)33)28-19-8-3-9-20-28/h1-22,26,30-32H,23-25,27-29H2;1-26H;1-24H. The predicted octanol–water partition coefficient (Wildman–Crippen LogP) is 31.8. The molecular weight excluding hydrogens is 1480 g/mol. The zero-order valence-electron chi connectivity index (χ0n) is 67.8. The van der Waals surface area contributed by atoms with Crippen LogP contribution in [0.5, 0.6) is 0 Å². The highest BCUT2D eigenvalue weighted by atomic mass is 15.2. The van der Waals surface area contributed by atoms with Gasteiger partial charge in [-0.05, 0) is 251 Å². The van der Waals surface area contributed by atoms with Gasteiger partial charge in [0.1, 0.15) is 0 Å². The maximum atomic E-state index is 2.49. The molecule has 4 fully saturated rings. The minimum atomic E-state index is 0.396. The molecule has 0 saturated heterocycles. The van der Waals surface area contributed by atoms with Crippen molar-refractivity contribution in [1.29, 1.82) is 0 Å². The fourth-order valence-electron chi connectivity index (χ4n) is 21.9. The number of benzene rings is 19. The van der Waals surface area contributed by atoms with Gasteiger partial charge >= 0.3 is 0 Å². The first-order valence-corrected chi connectivity index (χ1v) is 43.2. The molecule has 0 aliphatic heterocycles. The van der Waals surface area contributed by atoms with Crippen LogP contribution in [-0.4, -0.2) is 13.7 Å². The topological polar surface area (TPSA) is 24.5 Å². The highest BCUT2D eigenvalue weighted by molar-refractivity contribution is 6.27. The summed E-state index contributed by atoms with van der Waals surface area (Å²) >= 11 is 0. The number of rotatable bonds is 13. The molecule has 22 aromatic rings. The third-order valence-corrected chi connectivity index (χ3v) is 26.6. The van der Waals surface area contributed by atoms with Crippen LogP contribution in [0.3, 0.4) is 0 Å². The average molecular weight is 1570 g/mol. The number of anilines is 9. The fourth-order valence-corrected chi connectivity index (χ4v) is 21.9. The SMILES string of the molecule is c1ccc(N(c2ccc(C34CC5CC(CC(C5)C3)C4)cc2)c2cc3c(c4ccccc24)c2ccccc2n3-c2ccccc2)cc1.c1ccc(N(c2ccccc2)c2cc3ccccc3c3c4ccccc4n(-c4ccccc4)c23)cc1.c1ccc(N(c2ccccc2)c2cccc3c2ccc2c3c3ccccc3n2-c2ccc3ccccc3c2)cc1. The first-order chi connectivity index (χ1) is 60.5. The van der Waals surface area contributed by atoms with E-state index in [1.165, 1.54) is 181 Å². The number of nitrogens with zero attached hydrogens (tertiary/aromatic N) is 6. The van der Waals surface area contributed by atoms with Crippen LogP contribution in [0, 0.1) is 17.8 Å². The maximum Gasteiger partial charge on any atom is 0.0788 e. The number of hydrogen-bond donors (Lipinski definition) is 0. The average Bonchev–Trinajstić information content (AvgIpc) is 1.58. The molecule has 4 aliphatic carbocycles. The molecule has 4 aliphatic rings. The lowest BCUT2D eigenvalue weighted by molar-refractivity contribution is -0.00518. The van der Waals surface area contributed by atoms with E-state index < -0.39 is 0 Å². The summed E-state index contributed by atoms with van der Waals surface area (Å²) in [5.41, 5.74) is 23.2. The molecule has 6 heteroatoms. The van der Waals surface area contributed by atoms with Crippen molar-refractivity contribution in [3.05, 3.63) is 448 Å². The first-order valence-electron chi connectivity index (χ1n) is 43.2. The van der Waals surface area contributed by atoms with Crippen LogP contribution in [0.25, 0.3) is 126 Å². The second kappa shape index (κ2) is 30.4. The lowest BCUT2D eigenvalue weighted by Gasteiger charge is -2.57. The third-order valence-electron chi connectivity index (χ3n) is 26.6. The van der Waals surface area contributed by atoms with Gasteiger partial charge in [0.25, 0.3) is 0 Å². The summed E-state index contributed by atoms with van der Waals surface area (Å²) in [4.78, 5) is 7.22. The van der Waals surface area contributed by atoms with Gasteiger partial charge in [0.05, 0.1) is 50.2 Å². The lowest BCUT2D eigenvalue weighted by atomic mass is 9.48. The van der Waals surface area contributed by atoms with Crippen LogP contribution in [0.4, 0.5) is 51.2 Å². The van der Waals surface area contributed by atoms with Gasteiger partial charge in [0, 0.05) is 94.3 Å². The van der Waals surface area contributed by atoms with Gasteiger partial charge in [-0.1, -0.05) is 291 Å². The van der Waals surface area contributed by atoms with Crippen LogP contribution in [0.2, 0.25) is 0 Å². The lowest BCUT2D eigenvalue weighted by Crippen LogP contribution is -2.48. The Kier molecular flexibility index (Phi) is 18.0. The van der Waals surface area contributed by atoms with E-state index >= 15 is 0 Å². The summed E-state index contributed by atoms with van der Waals surface area (Å²) in [7, 11) is 0. The van der Waals surface area contributed by atoms with E-state index in [0.717, 1.165) is 51.9 Å². The minimum absolute atomic E-state index is 0.396. The number of para-hydroxylation sites is 10. The Morgan fingerprint density at radius 1 is 0.205 bits per heavy atom. The van der Waals surface area contributed by atoms with Crippen molar-refractivity contribution in [2.75, 3.05) is 14.7 Å².